The molecule has 4 N–H and O–H groups in total. The van der Waals surface area contributed by atoms with Gasteiger partial charge in [-0.05, 0) is 43.2 Å². The number of carbonyl (C=O) groups excluding carboxylic acids is 1. The topological polar surface area (TPSA) is 136 Å². The molecule has 0 aromatic heterocycles. The molecule has 0 atom stereocenters. The van der Waals surface area contributed by atoms with Gasteiger partial charge >= 0.3 is 0 Å². The number of piperidine rings is 1. The van der Waals surface area contributed by atoms with E-state index in [0.29, 0.717) is 18.6 Å². The summed E-state index contributed by atoms with van der Waals surface area (Å²) in [6.45, 7) is 3.67. The zero-order valence-electron chi connectivity index (χ0n) is 16.0. The van der Waals surface area contributed by atoms with E-state index in [9.17, 15) is 23.4 Å². The summed E-state index contributed by atoms with van der Waals surface area (Å²) in [4.78, 5) is 11.8. The minimum Gasteiger partial charge on any atom is -0.508 e. The highest BCUT2D eigenvalue weighted by molar-refractivity contribution is 7.89. The second-order valence-electron chi connectivity index (χ2n) is 6.78. The first kappa shape index (κ1) is 21.6. The monoisotopic (exact) mass is 434 g/mol. The molecule has 1 amide bonds. The molecule has 2 aromatic rings. The van der Waals surface area contributed by atoms with E-state index < -0.39 is 21.7 Å². The second kappa shape index (κ2) is 8.74. The van der Waals surface area contributed by atoms with Crippen LogP contribution in [0.5, 0.6) is 11.5 Å². The van der Waals surface area contributed by atoms with Crippen LogP contribution in [0.15, 0.2) is 53.9 Å². The molecule has 0 unspecified atom stereocenters. The Morgan fingerprint density at radius 2 is 1.77 bits per heavy atom. The van der Waals surface area contributed by atoms with Gasteiger partial charge in [0, 0.05) is 18.7 Å². The van der Waals surface area contributed by atoms with Gasteiger partial charge < -0.3 is 14.9 Å². The summed E-state index contributed by atoms with van der Waals surface area (Å²) < 4.78 is 33.4. The zero-order valence-corrected chi connectivity index (χ0v) is 16.8. The van der Waals surface area contributed by atoms with E-state index in [1.165, 1.54) is 40.1 Å². The van der Waals surface area contributed by atoms with Crippen LogP contribution in [0.3, 0.4) is 0 Å². The summed E-state index contributed by atoms with van der Waals surface area (Å²) in [5, 5.41) is 28.1. The largest absolute Gasteiger partial charge is 0.508 e. The van der Waals surface area contributed by atoms with E-state index >= 15 is 0 Å². The molecule has 1 aliphatic rings. The van der Waals surface area contributed by atoms with Crippen LogP contribution in [-0.2, 0) is 10.0 Å². The molecule has 0 radical (unpaired) electrons. The first-order valence-electron chi connectivity index (χ1n) is 9.15. The average molecular weight is 434 g/mol. The number of benzene rings is 2. The summed E-state index contributed by atoms with van der Waals surface area (Å²) in [5.41, 5.74) is 0.949. The van der Waals surface area contributed by atoms with Gasteiger partial charge in [-0.15, -0.1) is 0 Å². The lowest BCUT2D eigenvalue weighted by atomic mass is 10.1. The third-order valence-electron chi connectivity index (χ3n) is 4.82. The Bertz CT molecular complexity index is 1040. The molecule has 160 valence electrons. The average Bonchev–Trinajstić information content (AvgIpc) is 2.74. The van der Waals surface area contributed by atoms with Crippen molar-refractivity contribution < 1.29 is 33.4 Å². The molecule has 10 heteroatoms. The molecule has 0 bridgehead atoms. The standard InChI is InChI=1S/C20H22N2O7S/c1-13(23)17-3-2-4-18(19(17)20(25)21-26)30(27,28)22-11-9-16(10-12-22)29-15-7-5-14(24)6-8-15/h2-8,16,23-24,26H,1,9-12H2,(H,21,25). The van der Waals surface area contributed by atoms with Crippen LogP contribution in [0.1, 0.15) is 28.8 Å². The van der Waals surface area contributed by atoms with E-state index in [1.807, 2.05) is 0 Å². The number of nitrogens with one attached hydrogen (secondary N) is 1. The van der Waals surface area contributed by atoms with Crippen molar-refractivity contribution in [2.24, 2.45) is 0 Å². The van der Waals surface area contributed by atoms with Crippen LogP contribution >= 0.6 is 0 Å². The summed E-state index contributed by atoms with van der Waals surface area (Å²) in [5.74, 6) is -0.861. The smallest absolute Gasteiger partial charge is 0.276 e. The van der Waals surface area contributed by atoms with Gasteiger partial charge in [0.2, 0.25) is 10.0 Å². The Hall–Kier alpha value is -3.08. The lowest BCUT2D eigenvalue weighted by Gasteiger charge is -2.32. The third-order valence-corrected chi connectivity index (χ3v) is 6.76. The normalized spacial score (nSPS) is 15.5. The van der Waals surface area contributed by atoms with Gasteiger partial charge in [0.05, 0.1) is 10.5 Å². The van der Waals surface area contributed by atoms with Gasteiger partial charge in [-0.25, -0.2) is 13.9 Å². The molecule has 1 fully saturated rings. The molecule has 1 aliphatic heterocycles. The van der Waals surface area contributed by atoms with Gasteiger partial charge in [-0.3, -0.25) is 10.0 Å². The summed E-state index contributed by atoms with van der Waals surface area (Å²) in [6, 6.07) is 10.2. The molecule has 0 saturated carbocycles. The molecular formula is C20H22N2O7S. The van der Waals surface area contributed by atoms with E-state index in [2.05, 4.69) is 6.58 Å². The molecule has 2 aromatic carbocycles. The number of amides is 1. The summed E-state index contributed by atoms with van der Waals surface area (Å²) >= 11 is 0. The quantitative estimate of drug-likeness (QED) is 0.311. The van der Waals surface area contributed by atoms with Crippen LogP contribution in [-0.4, -0.2) is 53.2 Å². The fourth-order valence-corrected chi connectivity index (χ4v) is 5.00. The molecule has 1 heterocycles. The Balaban J connectivity index is 1.80. The van der Waals surface area contributed by atoms with Gasteiger partial charge in [-0.2, -0.15) is 4.31 Å². The maximum atomic E-state index is 13.2. The number of carbonyl (C=O) groups is 1. The molecule has 0 spiro atoms. The lowest BCUT2D eigenvalue weighted by molar-refractivity contribution is 0.0701. The first-order valence-corrected chi connectivity index (χ1v) is 10.6. The summed E-state index contributed by atoms with van der Waals surface area (Å²) in [6.07, 6.45) is 0.645. The number of nitrogens with zero attached hydrogens (tertiary/aromatic N) is 1. The fourth-order valence-electron chi connectivity index (χ4n) is 3.32. The molecule has 9 nitrogen and oxygen atoms in total. The van der Waals surface area contributed by atoms with Gasteiger partial charge in [0.15, 0.2) is 0 Å². The van der Waals surface area contributed by atoms with E-state index in [4.69, 9.17) is 9.94 Å². The number of hydrogen-bond donors (Lipinski definition) is 4. The maximum absolute atomic E-state index is 13.2. The van der Waals surface area contributed by atoms with Crippen molar-refractivity contribution in [2.75, 3.05) is 13.1 Å². The Kier molecular flexibility index (Phi) is 6.30. The van der Waals surface area contributed by atoms with Crippen molar-refractivity contribution in [1.29, 1.82) is 0 Å². The highest BCUT2D eigenvalue weighted by atomic mass is 32.2. The van der Waals surface area contributed by atoms with Crippen molar-refractivity contribution in [3.63, 3.8) is 0 Å². The van der Waals surface area contributed by atoms with Crippen molar-refractivity contribution >= 4 is 21.7 Å². The third kappa shape index (κ3) is 4.40. The number of hydroxylamine groups is 1. The Labute approximate surface area is 173 Å². The second-order valence-corrected chi connectivity index (χ2v) is 8.69. The number of aliphatic hydroxyl groups excluding tert-OH is 1. The van der Waals surface area contributed by atoms with Crippen molar-refractivity contribution in [1.82, 2.24) is 9.79 Å². The number of aliphatic hydroxyl groups is 1. The van der Waals surface area contributed by atoms with E-state index in [0.717, 1.165) is 0 Å². The molecule has 30 heavy (non-hydrogen) atoms. The van der Waals surface area contributed by atoms with Crippen molar-refractivity contribution in [2.45, 2.75) is 23.8 Å². The number of phenolic OH excluding ortho intramolecular Hbond substituents is 1. The predicted octanol–water partition coefficient (Wildman–Crippen LogP) is 2.27. The van der Waals surface area contributed by atoms with Gasteiger partial charge in [0.1, 0.15) is 23.4 Å². The van der Waals surface area contributed by atoms with Crippen molar-refractivity contribution in [3.05, 3.63) is 60.2 Å². The SMILES string of the molecule is C=C(O)c1cccc(S(=O)(=O)N2CCC(Oc3ccc(O)cc3)CC2)c1C(=O)NO. The molecule has 0 aliphatic carbocycles. The zero-order chi connectivity index (χ0) is 21.9. The van der Waals surface area contributed by atoms with E-state index in [-0.39, 0.29) is 41.0 Å². The van der Waals surface area contributed by atoms with Crippen LogP contribution < -0.4 is 10.2 Å². The molecule has 1 saturated heterocycles. The number of hydrogen-bond acceptors (Lipinski definition) is 7. The predicted molar refractivity (Wildman–Crippen MR) is 108 cm³/mol. The maximum Gasteiger partial charge on any atom is 0.276 e. The minimum atomic E-state index is -4.09. The Morgan fingerprint density at radius 3 is 2.33 bits per heavy atom. The highest BCUT2D eigenvalue weighted by Crippen LogP contribution is 2.29. The van der Waals surface area contributed by atoms with Crippen molar-refractivity contribution in [3.8, 4) is 11.5 Å². The van der Waals surface area contributed by atoms with Crippen LogP contribution in [0, 0.1) is 0 Å². The first-order chi connectivity index (χ1) is 14.2. The van der Waals surface area contributed by atoms with Gasteiger partial charge in [0.25, 0.3) is 5.91 Å². The van der Waals surface area contributed by atoms with Crippen LogP contribution in [0.4, 0.5) is 0 Å². The summed E-state index contributed by atoms with van der Waals surface area (Å²) in [7, 11) is -4.09. The van der Waals surface area contributed by atoms with Crippen LogP contribution in [0.2, 0.25) is 0 Å². The number of rotatable bonds is 6. The number of sulfonamides is 1. The number of phenols is 1. The minimum absolute atomic E-state index is 0.0897. The Morgan fingerprint density at radius 1 is 1.13 bits per heavy atom. The number of aromatic hydroxyl groups is 1. The van der Waals surface area contributed by atoms with Gasteiger partial charge in [-0.1, -0.05) is 18.7 Å². The number of ether oxygens (including phenoxy) is 1. The highest BCUT2D eigenvalue weighted by Gasteiger charge is 2.34. The fraction of sp³-hybridized carbons (Fsp3) is 0.250. The lowest BCUT2D eigenvalue weighted by Crippen LogP contribution is -2.42. The van der Waals surface area contributed by atoms with E-state index in [1.54, 1.807) is 12.1 Å². The molecule has 3 rings (SSSR count). The molecular weight excluding hydrogens is 412 g/mol. The van der Waals surface area contributed by atoms with Crippen LogP contribution in [0.25, 0.3) is 5.76 Å².